The molecule has 2 amide bonds. The first kappa shape index (κ1) is 16.9. The Morgan fingerprint density at radius 1 is 1.39 bits per heavy atom. The fourth-order valence-corrected chi connectivity index (χ4v) is 2.40. The summed E-state index contributed by atoms with van der Waals surface area (Å²) in [6.45, 7) is 0.907. The second kappa shape index (κ2) is 7.21. The molecule has 1 aliphatic heterocycles. The first-order valence-corrected chi connectivity index (χ1v) is 7.19. The van der Waals surface area contributed by atoms with Crippen LogP contribution in [0.1, 0.15) is 20.3 Å². The maximum Gasteiger partial charge on any atom is 0.387 e. The number of allylic oxidation sites excluding steroid dienone is 1. The van der Waals surface area contributed by atoms with E-state index in [9.17, 15) is 18.4 Å². The molecule has 1 fully saturated rings. The predicted octanol–water partition coefficient (Wildman–Crippen LogP) is 2.48. The topological polar surface area (TPSA) is 58.6 Å². The standard InChI is InChI=1S/C16H18F2N2O3/c1-10(2)9-14(21)19-11-7-8-20(15(11)22)12-5-3-4-6-13(12)23-16(17)18/h3-6,9,11,16H,7-8H2,1-2H3,(H,19,21)/t11-/m0/s1. The van der Waals surface area contributed by atoms with Gasteiger partial charge in [-0.1, -0.05) is 17.7 Å². The lowest BCUT2D eigenvalue weighted by Gasteiger charge is -2.20. The summed E-state index contributed by atoms with van der Waals surface area (Å²) in [4.78, 5) is 25.5. The van der Waals surface area contributed by atoms with Gasteiger partial charge in [0.1, 0.15) is 11.8 Å². The quantitative estimate of drug-likeness (QED) is 0.847. The van der Waals surface area contributed by atoms with E-state index in [1.54, 1.807) is 26.0 Å². The molecule has 5 nitrogen and oxygen atoms in total. The zero-order valence-electron chi connectivity index (χ0n) is 12.9. The Bertz CT molecular complexity index is 628. The second-order valence-electron chi connectivity index (χ2n) is 5.41. The summed E-state index contributed by atoms with van der Waals surface area (Å²) in [5.41, 5.74) is 1.09. The molecular formula is C16H18F2N2O3. The highest BCUT2D eigenvalue weighted by Gasteiger charge is 2.34. The molecular weight excluding hydrogens is 306 g/mol. The maximum atomic E-state index is 12.5. The van der Waals surface area contributed by atoms with E-state index in [0.29, 0.717) is 13.0 Å². The molecule has 0 bridgehead atoms. The number of carbonyl (C=O) groups excluding carboxylic acids is 2. The summed E-state index contributed by atoms with van der Waals surface area (Å²) < 4.78 is 29.4. The Kier molecular flexibility index (Phi) is 5.31. The van der Waals surface area contributed by atoms with Crippen LogP contribution in [0.3, 0.4) is 0 Å². The van der Waals surface area contributed by atoms with Crippen LogP contribution in [0, 0.1) is 0 Å². The number of benzene rings is 1. The van der Waals surface area contributed by atoms with E-state index in [2.05, 4.69) is 10.1 Å². The molecule has 7 heteroatoms. The molecule has 1 heterocycles. The van der Waals surface area contributed by atoms with Crippen molar-refractivity contribution in [3.63, 3.8) is 0 Å². The van der Waals surface area contributed by atoms with Crippen LogP contribution in [0.2, 0.25) is 0 Å². The highest BCUT2D eigenvalue weighted by atomic mass is 19.3. The molecule has 0 unspecified atom stereocenters. The molecule has 1 aromatic carbocycles. The largest absolute Gasteiger partial charge is 0.433 e. The van der Waals surface area contributed by atoms with Gasteiger partial charge in [0.25, 0.3) is 0 Å². The lowest BCUT2D eigenvalue weighted by atomic mass is 10.2. The summed E-state index contributed by atoms with van der Waals surface area (Å²) in [5.74, 6) is -0.750. The van der Waals surface area contributed by atoms with Crippen LogP contribution in [-0.4, -0.2) is 31.0 Å². The molecule has 1 aromatic rings. The van der Waals surface area contributed by atoms with Crippen LogP contribution in [0.4, 0.5) is 14.5 Å². The van der Waals surface area contributed by atoms with Crippen molar-refractivity contribution in [3.05, 3.63) is 35.9 Å². The summed E-state index contributed by atoms with van der Waals surface area (Å²) in [5, 5.41) is 2.62. The minimum absolute atomic E-state index is 0.0628. The molecule has 1 saturated heterocycles. The zero-order valence-corrected chi connectivity index (χ0v) is 12.9. The fraction of sp³-hybridized carbons (Fsp3) is 0.375. The van der Waals surface area contributed by atoms with E-state index in [0.717, 1.165) is 5.57 Å². The fourth-order valence-electron chi connectivity index (χ4n) is 2.40. The van der Waals surface area contributed by atoms with Gasteiger partial charge in [0.2, 0.25) is 11.8 Å². The summed E-state index contributed by atoms with van der Waals surface area (Å²) in [6, 6.07) is 5.43. The second-order valence-corrected chi connectivity index (χ2v) is 5.41. The Morgan fingerprint density at radius 3 is 2.74 bits per heavy atom. The number of amides is 2. The van der Waals surface area contributed by atoms with E-state index in [4.69, 9.17) is 0 Å². The average Bonchev–Trinajstić information content (AvgIpc) is 2.79. The Labute approximate surface area is 132 Å². The molecule has 0 saturated carbocycles. The zero-order chi connectivity index (χ0) is 17.0. The van der Waals surface area contributed by atoms with Crippen molar-refractivity contribution in [2.75, 3.05) is 11.4 Å². The van der Waals surface area contributed by atoms with Crippen molar-refractivity contribution in [1.82, 2.24) is 5.32 Å². The van der Waals surface area contributed by atoms with Crippen molar-refractivity contribution in [3.8, 4) is 5.75 Å². The number of hydrogen-bond donors (Lipinski definition) is 1. The normalized spacial score (nSPS) is 17.3. The lowest BCUT2D eigenvalue weighted by molar-refractivity contribution is -0.123. The molecule has 23 heavy (non-hydrogen) atoms. The Hall–Kier alpha value is -2.44. The van der Waals surface area contributed by atoms with E-state index in [1.165, 1.54) is 23.1 Å². The van der Waals surface area contributed by atoms with Crippen LogP contribution in [0.5, 0.6) is 5.75 Å². The number of halogens is 2. The highest BCUT2D eigenvalue weighted by molar-refractivity contribution is 6.03. The van der Waals surface area contributed by atoms with Gasteiger partial charge in [-0.25, -0.2) is 0 Å². The molecule has 2 rings (SSSR count). The number of ether oxygens (including phenoxy) is 1. The number of nitrogens with one attached hydrogen (secondary N) is 1. The van der Waals surface area contributed by atoms with Gasteiger partial charge in [0, 0.05) is 12.6 Å². The van der Waals surface area contributed by atoms with Gasteiger partial charge in [-0.2, -0.15) is 8.78 Å². The minimum Gasteiger partial charge on any atom is -0.433 e. The molecule has 1 N–H and O–H groups in total. The van der Waals surface area contributed by atoms with Gasteiger partial charge >= 0.3 is 6.61 Å². The van der Waals surface area contributed by atoms with Gasteiger partial charge in [-0.3, -0.25) is 9.59 Å². The lowest BCUT2D eigenvalue weighted by Crippen LogP contribution is -2.41. The number of hydrogen-bond acceptors (Lipinski definition) is 3. The van der Waals surface area contributed by atoms with E-state index >= 15 is 0 Å². The van der Waals surface area contributed by atoms with E-state index in [1.807, 2.05) is 0 Å². The number of anilines is 1. The Balaban J connectivity index is 2.13. The molecule has 1 aliphatic rings. The third-order valence-corrected chi connectivity index (χ3v) is 3.31. The van der Waals surface area contributed by atoms with Crippen LogP contribution in [0.25, 0.3) is 0 Å². The summed E-state index contributed by atoms with van der Waals surface area (Å²) >= 11 is 0. The average molecular weight is 324 g/mol. The molecule has 1 atom stereocenters. The number of carbonyl (C=O) groups is 2. The molecule has 124 valence electrons. The summed E-state index contributed by atoms with van der Waals surface area (Å²) in [6.07, 6.45) is 1.81. The third kappa shape index (κ3) is 4.28. The molecule has 0 spiro atoms. The smallest absolute Gasteiger partial charge is 0.387 e. The van der Waals surface area contributed by atoms with Crippen LogP contribution >= 0.6 is 0 Å². The first-order valence-electron chi connectivity index (χ1n) is 7.19. The van der Waals surface area contributed by atoms with Crippen LogP contribution in [-0.2, 0) is 9.59 Å². The predicted molar refractivity (Wildman–Crippen MR) is 81.4 cm³/mol. The molecule has 0 aliphatic carbocycles. The SMILES string of the molecule is CC(C)=CC(=O)N[C@H]1CCN(c2ccccc2OC(F)F)C1=O. The van der Waals surface area contributed by atoms with Crippen LogP contribution in [0.15, 0.2) is 35.9 Å². The van der Waals surface area contributed by atoms with Gasteiger partial charge < -0.3 is 15.0 Å². The van der Waals surface area contributed by atoms with Crippen molar-refractivity contribution in [1.29, 1.82) is 0 Å². The summed E-state index contributed by atoms with van der Waals surface area (Å²) in [7, 11) is 0. The van der Waals surface area contributed by atoms with E-state index in [-0.39, 0.29) is 23.3 Å². The van der Waals surface area contributed by atoms with Crippen molar-refractivity contribution in [2.24, 2.45) is 0 Å². The molecule has 0 radical (unpaired) electrons. The van der Waals surface area contributed by atoms with E-state index < -0.39 is 12.7 Å². The third-order valence-electron chi connectivity index (χ3n) is 3.31. The number of rotatable bonds is 5. The van der Waals surface area contributed by atoms with Crippen molar-refractivity contribution >= 4 is 17.5 Å². The van der Waals surface area contributed by atoms with Crippen molar-refractivity contribution in [2.45, 2.75) is 32.9 Å². The number of nitrogens with zero attached hydrogens (tertiary/aromatic N) is 1. The number of para-hydroxylation sites is 2. The van der Waals surface area contributed by atoms with Crippen molar-refractivity contribution < 1.29 is 23.1 Å². The highest BCUT2D eigenvalue weighted by Crippen LogP contribution is 2.32. The monoisotopic (exact) mass is 324 g/mol. The van der Waals surface area contributed by atoms with Gasteiger partial charge in [-0.15, -0.1) is 0 Å². The first-order chi connectivity index (χ1) is 10.9. The Morgan fingerprint density at radius 2 is 2.09 bits per heavy atom. The molecule has 0 aromatic heterocycles. The number of alkyl halides is 2. The van der Waals surface area contributed by atoms with Gasteiger partial charge in [0.15, 0.2) is 0 Å². The van der Waals surface area contributed by atoms with Gasteiger partial charge in [0.05, 0.1) is 5.69 Å². The van der Waals surface area contributed by atoms with Gasteiger partial charge in [-0.05, 0) is 32.4 Å². The minimum atomic E-state index is -2.97. The van der Waals surface area contributed by atoms with Crippen LogP contribution < -0.4 is 15.0 Å². The maximum absolute atomic E-state index is 12.5.